The van der Waals surface area contributed by atoms with Crippen molar-refractivity contribution < 1.29 is 14.3 Å². The van der Waals surface area contributed by atoms with Gasteiger partial charge in [0.25, 0.3) is 0 Å². The molecule has 2 heterocycles. The molecule has 0 saturated carbocycles. The Morgan fingerprint density at radius 1 is 1.23 bits per heavy atom. The molecule has 0 aliphatic carbocycles. The van der Waals surface area contributed by atoms with Gasteiger partial charge in [-0.1, -0.05) is 6.07 Å². The molecule has 108 valence electrons. The van der Waals surface area contributed by atoms with E-state index in [0.717, 1.165) is 28.2 Å². The fourth-order valence-electron chi connectivity index (χ4n) is 2.85. The standard InChI is InChI=1S/C17H11FN2O2/c18-11-6-13(17(21)22)12-8-15(20-16(12)7-11)9-1-2-14-10(5-9)3-4-19-14/h1-7,19H,8H2,(H,21,22). The number of benzene rings is 2. The highest BCUT2D eigenvalue weighted by Gasteiger charge is 2.23. The van der Waals surface area contributed by atoms with Gasteiger partial charge in [0.05, 0.1) is 17.0 Å². The molecule has 3 aromatic rings. The van der Waals surface area contributed by atoms with Gasteiger partial charge in [0, 0.05) is 23.5 Å². The third-order valence-corrected chi connectivity index (χ3v) is 3.91. The van der Waals surface area contributed by atoms with Gasteiger partial charge < -0.3 is 10.1 Å². The molecule has 0 saturated heterocycles. The van der Waals surface area contributed by atoms with Gasteiger partial charge in [-0.2, -0.15) is 0 Å². The maximum absolute atomic E-state index is 13.5. The number of carboxylic acids is 1. The highest BCUT2D eigenvalue weighted by Crippen LogP contribution is 2.33. The average molecular weight is 294 g/mol. The molecule has 2 aromatic carbocycles. The molecule has 4 nitrogen and oxygen atoms in total. The van der Waals surface area contributed by atoms with Crippen LogP contribution in [0.3, 0.4) is 0 Å². The first-order chi connectivity index (χ1) is 10.6. The average Bonchev–Trinajstić information content (AvgIpc) is 3.11. The minimum Gasteiger partial charge on any atom is -0.478 e. The number of aliphatic imine (C=N–C) groups is 1. The van der Waals surface area contributed by atoms with Gasteiger partial charge >= 0.3 is 5.97 Å². The highest BCUT2D eigenvalue weighted by molar-refractivity contribution is 6.10. The van der Waals surface area contributed by atoms with E-state index in [9.17, 15) is 14.3 Å². The summed E-state index contributed by atoms with van der Waals surface area (Å²) >= 11 is 0. The second kappa shape index (κ2) is 4.53. The number of aromatic amines is 1. The second-order valence-electron chi connectivity index (χ2n) is 5.27. The first-order valence-corrected chi connectivity index (χ1v) is 6.82. The maximum Gasteiger partial charge on any atom is 0.336 e. The molecule has 0 spiro atoms. The normalized spacial score (nSPS) is 13.2. The summed E-state index contributed by atoms with van der Waals surface area (Å²) in [6.45, 7) is 0. The first-order valence-electron chi connectivity index (χ1n) is 6.82. The second-order valence-corrected chi connectivity index (χ2v) is 5.27. The van der Waals surface area contributed by atoms with Crippen molar-refractivity contribution in [3.63, 3.8) is 0 Å². The van der Waals surface area contributed by atoms with Gasteiger partial charge in [-0.25, -0.2) is 9.18 Å². The van der Waals surface area contributed by atoms with E-state index in [0.29, 0.717) is 17.7 Å². The summed E-state index contributed by atoms with van der Waals surface area (Å²) in [5.74, 6) is -1.71. The fourth-order valence-corrected chi connectivity index (χ4v) is 2.85. The van der Waals surface area contributed by atoms with Crippen LogP contribution < -0.4 is 0 Å². The molecule has 0 amide bonds. The molecule has 5 heteroatoms. The van der Waals surface area contributed by atoms with Crippen molar-refractivity contribution in [1.82, 2.24) is 4.98 Å². The van der Waals surface area contributed by atoms with Gasteiger partial charge in [-0.15, -0.1) is 0 Å². The zero-order chi connectivity index (χ0) is 15.3. The summed E-state index contributed by atoms with van der Waals surface area (Å²) in [6, 6.07) is 10.2. The number of hydrogen-bond acceptors (Lipinski definition) is 2. The van der Waals surface area contributed by atoms with Crippen molar-refractivity contribution in [2.75, 3.05) is 0 Å². The van der Waals surface area contributed by atoms with Crippen LogP contribution in [0.2, 0.25) is 0 Å². The van der Waals surface area contributed by atoms with E-state index in [1.54, 1.807) is 0 Å². The van der Waals surface area contributed by atoms with E-state index >= 15 is 0 Å². The largest absolute Gasteiger partial charge is 0.478 e. The smallest absolute Gasteiger partial charge is 0.336 e. The number of rotatable bonds is 2. The van der Waals surface area contributed by atoms with Gasteiger partial charge in [-0.05, 0) is 41.5 Å². The van der Waals surface area contributed by atoms with Crippen molar-refractivity contribution in [2.24, 2.45) is 4.99 Å². The Kier molecular flexibility index (Phi) is 2.63. The highest BCUT2D eigenvalue weighted by atomic mass is 19.1. The van der Waals surface area contributed by atoms with Gasteiger partial charge in [-0.3, -0.25) is 4.99 Å². The molecule has 0 unspecified atom stereocenters. The summed E-state index contributed by atoms with van der Waals surface area (Å²) in [7, 11) is 0. The van der Waals surface area contributed by atoms with Crippen molar-refractivity contribution >= 4 is 28.3 Å². The molecule has 22 heavy (non-hydrogen) atoms. The number of aromatic nitrogens is 1. The molecule has 1 aliphatic rings. The predicted molar refractivity (Wildman–Crippen MR) is 81.6 cm³/mol. The SMILES string of the molecule is O=C(O)c1cc(F)cc2c1CC(c1ccc3[nH]ccc3c1)=N2. The van der Waals surface area contributed by atoms with Crippen LogP contribution in [0.15, 0.2) is 47.6 Å². The maximum atomic E-state index is 13.5. The zero-order valence-electron chi connectivity index (χ0n) is 11.4. The number of hydrogen-bond donors (Lipinski definition) is 2. The Balaban J connectivity index is 1.81. The number of fused-ring (bicyclic) bond motifs is 2. The van der Waals surface area contributed by atoms with Gasteiger partial charge in [0.15, 0.2) is 0 Å². The Hall–Kier alpha value is -2.95. The van der Waals surface area contributed by atoms with Crippen molar-refractivity contribution in [2.45, 2.75) is 6.42 Å². The minimum absolute atomic E-state index is 0.0172. The Morgan fingerprint density at radius 2 is 2.09 bits per heavy atom. The minimum atomic E-state index is -1.13. The molecular weight excluding hydrogens is 283 g/mol. The van der Waals surface area contributed by atoms with E-state index in [4.69, 9.17) is 0 Å². The molecule has 0 fully saturated rings. The molecule has 2 N–H and O–H groups in total. The summed E-state index contributed by atoms with van der Waals surface area (Å²) in [4.78, 5) is 18.8. The lowest BCUT2D eigenvalue weighted by Crippen LogP contribution is -2.06. The Bertz CT molecular complexity index is 956. The topological polar surface area (TPSA) is 65.4 Å². The van der Waals surface area contributed by atoms with Crippen molar-refractivity contribution in [3.8, 4) is 0 Å². The number of carboxylic acid groups (broad SMARTS) is 1. The monoisotopic (exact) mass is 294 g/mol. The molecule has 1 aliphatic heterocycles. The summed E-state index contributed by atoms with van der Waals surface area (Å²) in [5.41, 5.74) is 3.65. The molecule has 1 aromatic heterocycles. The zero-order valence-corrected chi connectivity index (χ0v) is 11.4. The van der Waals surface area contributed by atoms with Gasteiger partial charge in [0.2, 0.25) is 0 Å². The Labute approximate surface area is 124 Å². The summed E-state index contributed by atoms with van der Waals surface area (Å²) < 4.78 is 13.5. The first kappa shape index (κ1) is 12.8. The lowest BCUT2D eigenvalue weighted by atomic mass is 9.99. The number of H-pyrrole nitrogens is 1. The number of nitrogens with one attached hydrogen (secondary N) is 1. The van der Waals surface area contributed by atoms with Crippen LogP contribution in [0.25, 0.3) is 10.9 Å². The van der Waals surface area contributed by atoms with Crippen LogP contribution in [0, 0.1) is 5.82 Å². The quantitative estimate of drug-likeness (QED) is 0.757. The molecule has 0 bridgehead atoms. The molecule has 4 rings (SSSR count). The predicted octanol–water partition coefficient (Wildman–Crippen LogP) is 3.68. The molecular formula is C17H11FN2O2. The van der Waals surface area contributed by atoms with Crippen LogP contribution >= 0.6 is 0 Å². The lowest BCUT2D eigenvalue weighted by molar-refractivity contribution is 0.0695. The third-order valence-electron chi connectivity index (χ3n) is 3.91. The summed E-state index contributed by atoms with van der Waals surface area (Å²) in [5, 5.41) is 10.3. The van der Waals surface area contributed by atoms with Crippen LogP contribution in [0.5, 0.6) is 0 Å². The van der Waals surface area contributed by atoms with Crippen molar-refractivity contribution in [3.05, 3.63) is 65.1 Å². The number of nitrogens with zero attached hydrogens (tertiary/aromatic N) is 1. The van der Waals surface area contributed by atoms with Crippen LogP contribution in [0.4, 0.5) is 10.1 Å². The number of aromatic carboxylic acids is 1. The lowest BCUT2D eigenvalue weighted by Gasteiger charge is -2.04. The van der Waals surface area contributed by atoms with E-state index in [1.165, 1.54) is 6.07 Å². The van der Waals surface area contributed by atoms with E-state index in [2.05, 4.69) is 9.98 Å². The number of carbonyl (C=O) groups is 1. The Morgan fingerprint density at radius 3 is 2.91 bits per heavy atom. The molecule has 0 atom stereocenters. The van der Waals surface area contributed by atoms with E-state index < -0.39 is 11.8 Å². The number of halogens is 1. The summed E-state index contributed by atoms with van der Waals surface area (Å²) in [6.07, 6.45) is 2.25. The van der Waals surface area contributed by atoms with Crippen LogP contribution in [-0.2, 0) is 6.42 Å². The fraction of sp³-hybridized carbons (Fsp3) is 0.0588. The van der Waals surface area contributed by atoms with Gasteiger partial charge in [0.1, 0.15) is 5.82 Å². The van der Waals surface area contributed by atoms with Crippen LogP contribution in [0.1, 0.15) is 21.5 Å². The van der Waals surface area contributed by atoms with Crippen LogP contribution in [-0.4, -0.2) is 21.8 Å². The molecule has 0 radical (unpaired) electrons. The van der Waals surface area contributed by atoms with E-state index in [1.807, 2.05) is 30.5 Å². The third kappa shape index (κ3) is 1.90. The van der Waals surface area contributed by atoms with E-state index in [-0.39, 0.29) is 5.56 Å². The van der Waals surface area contributed by atoms with Crippen molar-refractivity contribution in [1.29, 1.82) is 0 Å².